The molecule has 0 radical (unpaired) electrons. The van der Waals surface area contributed by atoms with E-state index >= 15 is 0 Å². The van der Waals surface area contributed by atoms with Gasteiger partial charge in [0.25, 0.3) is 0 Å². The van der Waals surface area contributed by atoms with Crippen molar-refractivity contribution in [1.29, 1.82) is 0 Å². The zero-order valence-electron chi connectivity index (χ0n) is 17.2. The molecule has 0 heterocycles. The molecule has 3 aliphatic rings. The van der Waals surface area contributed by atoms with Gasteiger partial charge < -0.3 is 4.55 Å². The zero-order chi connectivity index (χ0) is 18.9. The van der Waals surface area contributed by atoms with Crippen LogP contribution in [0.1, 0.15) is 88.5 Å². The van der Waals surface area contributed by atoms with E-state index in [1.807, 2.05) is 12.1 Å². The van der Waals surface area contributed by atoms with Crippen LogP contribution < -0.4 is 29.6 Å². The SMILES string of the molecule is O=S(=O)([O-])c1ccc(C2CCC(P(C3CCCC3)C3CCCC3)CC2)cc1.[Na+]. The van der Waals surface area contributed by atoms with Crippen LogP contribution >= 0.6 is 7.92 Å². The van der Waals surface area contributed by atoms with Gasteiger partial charge in [0.05, 0.1) is 4.90 Å². The Morgan fingerprint density at radius 1 is 0.714 bits per heavy atom. The summed E-state index contributed by atoms with van der Waals surface area (Å²) in [7, 11) is -4.15. The van der Waals surface area contributed by atoms with Gasteiger partial charge in [0, 0.05) is 0 Å². The molecule has 0 aliphatic heterocycles. The van der Waals surface area contributed by atoms with Crippen LogP contribution in [0, 0.1) is 0 Å². The van der Waals surface area contributed by atoms with Gasteiger partial charge in [0.2, 0.25) is 0 Å². The number of benzene rings is 1. The molecule has 0 aromatic heterocycles. The predicted octanol–water partition coefficient (Wildman–Crippen LogP) is 2.99. The molecule has 3 fully saturated rings. The molecule has 1 aromatic carbocycles. The minimum Gasteiger partial charge on any atom is -0.744 e. The fourth-order valence-corrected chi connectivity index (χ4v) is 11.0. The summed E-state index contributed by atoms with van der Waals surface area (Å²) in [6.07, 6.45) is 17.0. The summed E-state index contributed by atoms with van der Waals surface area (Å²) in [6, 6.07) is 6.72. The molecule has 3 aliphatic carbocycles. The van der Waals surface area contributed by atoms with E-state index in [2.05, 4.69) is 0 Å². The molecule has 150 valence electrons. The monoisotopic (exact) mass is 430 g/mol. The van der Waals surface area contributed by atoms with E-state index in [-0.39, 0.29) is 42.4 Å². The van der Waals surface area contributed by atoms with Gasteiger partial charge >= 0.3 is 29.6 Å². The van der Waals surface area contributed by atoms with E-state index in [9.17, 15) is 13.0 Å². The van der Waals surface area contributed by atoms with Crippen molar-refractivity contribution in [1.82, 2.24) is 0 Å². The molecular weight excluding hydrogens is 398 g/mol. The van der Waals surface area contributed by atoms with Gasteiger partial charge in [-0.1, -0.05) is 45.7 Å². The van der Waals surface area contributed by atoms with Gasteiger partial charge in [-0.25, -0.2) is 8.42 Å². The van der Waals surface area contributed by atoms with Crippen molar-refractivity contribution < 1.29 is 42.5 Å². The minimum absolute atomic E-state index is 0. The molecule has 0 saturated heterocycles. The van der Waals surface area contributed by atoms with Crippen LogP contribution in [0.15, 0.2) is 29.2 Å². The quantitative estimate of drug-likeness (QED) is 0.410. The predicted molar refractivity (Wildman–Crippen MR) is 111 cm³/mol. The molecule has 0 atom stereocenters. The Morgan fingerprint density at radius 2 is 1.14 bits per heavy atom. The maximum atomic E-state index is 11.1. The molecule has 0 amide bonds. The zero-order valence-corrected chi connectivity index (χ0v) is 20.9. The summed E-state index contributed by atoms with van der Waals surface area (Å²) in [4.78, 5) is -0.106. The van der Waals surface area contributed by atoms with Crippen molar-refractivity contribution in [2.75, 3.05) is 0 Å². The molecule has 0 bridgehead atoms. The molecule has 0 N–H and O–H groups in total. The van der Waals surface area contributed by atoms with E-state index in [1.165, 1.54) is 94.7 Å². The topological polar surface area (TPSA) is 57.2 Å². The van der Waals surface area contributed by atoms with Crippen molar-refractivity contribution >= 4 is 18.0 Å². The number of hydrogen-bond acceptors (Lipinski definition) is 3. The van der Waals surface area contributed by atoms with Crippen molar-refractivity contribution in [3.8, 4) is 0 Å². The Morgan fingerprint density at radius 3 is 1.57 bits per heavy atom. The molecule has 3 saturated carbocycles. The first-order valence-corrected chi connectivity index (χ1v) is 13.8. The fourth-order valence-electron chi connectivity index (χ4n) is 5.91. The average Bonchev–Trinajstić information content (AvgIpc) is 3.37. The average molecular weight is 431 g/mol. The Labute approximate surface area is 194 Å². The molecule has 1 aromatic rings. The van der Waals surface area contributed by atoms with Gasteiger partial charge in [0.15, 0.2) is 0 Å². The van der Waals surface area contributed by atoms with Crippen LogP contribution in [-0.4, -0.2) is 29.9 Å². The fraction of sp³-hybridized carbons (Fsp3) is 0.727. The van der Waals surface area contributed by atoms with Crippen molar-refractivity contribution in [3.63, 3.8) is 0 Å². The standard InChI is InChI=1S/C22H33O3PS.Na/c23-27(24,25)22-15-11-18(12-16-22)17-9-13-21(14-10-17)26(19-5-1-2-6-19)20-7-3-4-8-20;/h11-12,15-17,19-21H,1-10,13-14H2,(H,23,24,25);/q;+1/p-1. The van der Waals surface area contributed by atoms with Gasteiger partial charge in [-0.05, 0) is 92.0 Å². The van der Waals surface area contributed by atoms with Crippen molar-refractivity contribution in [3.05, 3.63) is 29.8 Å². The maximum Gasteiger partial charge on any atom is 1.00 e. The van der Waals surface area contributed by atoms with Crippen molar-refractivity contribution in [2.45, 2.75) is 105 Å². The second-order valence-corrected chi connectivity index (χ2v) is 13.3. The molecule has 0 spiro atoms. The largest absolute Gasteiger partial charge is 1.00 e. The first-order chi connectivity index (χ1) is 13.0. The van der Waals surface area contributed by atoms with Gasteiger partial charge in [-0.2, -0.15) is 0 Å². The van der Waals surface area contributed by atoms with Gasteiger partial charge in [-0.3, -0.25) is 0 Å². The van der Waals surface area contributed by atoms with Gasteiger partial charge in [-0.15, -0.1) is 0 Å². The van der Waals surface area contributed by atoms with E-state index in [1.54, 1.807) is 0 Å². The molecule has 4 rings (SSSR count). The number of hydrogen-bond donors (Lipinski definition) is 0. The first-order valence-electron chi connectivity index (χ1n) is 10.9. The van der Waals surface area contributed by atoms with E-state index in [0.29, 0.717) is 5.92 Å². The Hall–Kier alpha value is 0.560. The summed E-state index contributed by atoms with van der Waals surface area (Å²) in [5.41, 5.74) is 4.27. The molecule has 0 unspecified atom stereocenters. The Balaban J connectivity index is 0.00000225. The summed E-state index contributed by atoms with van der Waals surface area (Å²) < 4.78 is 33.4. The van der Waals surface area contributed by atoms with Crippen LogP contribution in [0.4, 0.5) is 0 Å². The van der Waals surface area contributed by atoms with Crippen LogP contribution in [0.25, 0.3) is 0 Å². The first kappa shape index (κ1) is 23.2. The van der Waals surface area contributed by atoms with Crippen LogP contribution in [0.2, 0.25) is 0 Å². The van der Waals surface area contributed by atoms with Crippen LogP contribution in [0.3, 0.4) is 0 Å². The Kier molecular flexibility index (Phi) is 8.50. The smallest absolute Gasteiger partial charge is 0.744 e. The Bertz CT molecular complexity index is 701. The second-order valence-electron chi connectivity index (χ2n) is 8.85. The van der Waals surface area contributed by atoms with Crippen molar-refractivity contribution in [2.24, 2.45) is 0 Å². The van der Waals surface area contributed by atoms with Crippen LogP contribution in [0.5, 0.6) is 0 Å². The summed E-state index contributed by atoms with van der Waals surface area (Å²) in [5, 5.41) is 0. The van der Waals surface area contributed by atoms with E-state index in [0.717, 1.165) is 17.0 Å². The van der Waals surface area contributed by atoms with Gasteiger partial charge in [0.1, 0.15) is 10.1 Å². The third-order valence-electron chi connectivity index (χ3n) is 7.25. The molecule has 6 heteroatoms. The molecular formula is C22H32NaO3PS. The van der Waals surface area contributed by atoms with E-state index < -0.39 is 10.1 Å². The van der Waals surface area contributed by atoms with E-state index in [4.69, 9.17) is 0 Å². The normalized spacial score (nSPS) is 27.2. The minimum atomic E-state index is -4.34. The molecule has 28 heavy (non-hydrogen) atoms. The summed E-state index contributed by atoms with van der Waals surface area (Å²) in [6.45, 7) is 0. The summed E-state index contributed by atoms with van der Waals surface area (Å²) in [5.74, 6) is 0.536. The second kappa shape index (κ2) is 10.2. The summed E-state index contributed by atoms with van der Waals surface area (Å²) >= 11 is 0. The molecule has 3 nitrogen and oxygen atoms in total. The maximum absolute atomic E-state index is 11.1. The third-order valence-corrected chi connectivity index (χ3v) is 12.2. The van der Waals surface area contributed by atoms with Crippen LogP contribution in [-0.2, 0) is 10.1 Å². The number of rotatable bonds is 5. The third kappa shape index (κ3) is 5.42.